The van der Waals surface area contributed by atoms with Crippen LogP contribution in [0.3, 0.4) is 0 Å². The lowest BCUT2D eigenvalue weighted by atomic mass is 9.80. The summed E-state index contributed by atoms with van der Waals surface area (Å²) in [6.45, 7) is 8.97. The number of aromatic nitrogens is 2. The zero-order valence-electron chi connectivity index (χ0n) is 14.0. The average molecular weight is 337 g/mol. The van der Waals surface area contributed by atoms with E-state index < -0.39 is 0 Å². The minimum atomic E-state index is -0.0170. The van der Waals surface area contributed by atoms with Crippen molar-refractivity contribution in [3.8, 4) is 0 Å². The maximum atomic E-state index is 12.3. The van der Waals surface area contributed by atoms with Crippen LogP contribution < -0.4 is 11.3 Å². The van der Waals surface area contributed by atoms with Crippen molar-refractivity contribution in [3.05, 3.63) is 46.0 Å². The van der Waals surface area contributed by atoms with Gasteiger partial charge in [-0.25, -0.2) is 4.98 Å². The molecule has 0 aromatic carbocycles. The number of likely N-dealkylation sites (tertiary alicyclic amines) is 1. The van der Waals surface area contributed by atoms with Gasteiger partial charge in [0.1, 0.15) is 5.65 Å². The van der Waals surface area contributed by atoms with Gasteiger partial charge in [-0.3, -0.25) is 14.1 Å². The number of halogens is 1. The molecule has 5 nitrogen and oxygen atoms in total. The third-order valence-electron chi connectivity index (χ3n) is 4.64. The number of nitrogens with two attached hydrogens (primary N) is 1. The van der Waals surface area contributed by atoms with Gasteiger partial charge in [-0.05, 0) is 30.4 Å². The molecule has 1 unspecified atom stereocenters. The molecule has 0 radical (unpaired) electrons. The van der Waals surface area contributed by atoms with Crippen LogP contribution in [0.2, 0.25) is 0 Å². The average Bonchev–Trinajstić information content (AvgIpc) is 2.44. The summed E-state index contributed by atoms with van der Waals surface area (Å²) in [7, 11) is 0. The van der Waals surface area contributed by atoms with E-state index >= 15 is 0 Å². The lowest BCUT2D eigenvalue weighted by Gasteiger charge is -2.42. The van der Waals surface area contributed by atoms with Gasteiger partial charge in [-0.1, -0.05) is 19.9 Å². The van der Waals surface area contributed by atoms with E-state index in [1.807, 2.05) is 25.3 Å². The standard InChI is InChI=1S/C17H24N4O.ClH/c1-12-4-5-15-19-13(8-16(22)21(15)9-12)10-20-7-6-14(18)17(2,3)11-20;/h4-5,8-9,14H,6-7,10-11,18H2,1-3H3;1H. The highest BCUT2D eigenvalue weighted by Crippen LogP contribution is 2.28. The summed E-state index contributed by atoms with van der Waals surface area (Å²) >= 11 is 0. The largest absolute Gasteiger partial charge is 0.327 e. The van der Waals surface area contributed by atoms with Crippen LogP contribution in [0, 0.1) is 12.3 Å². The van der Waals surface area contributed by atoms with Crippen molar-refractivity contribution in [2.45, 2.75) is 39.8 Å². The Hall–Kier alpha value is -1.43. The summed E-state index contributed by atoms with van der Waals surface area (Å²) in [6, 6.07) is 5.76. The predicted octanol–water partition coefficient (Wildman–Crippen LogP) is 1.98. The molecular weight excluding hydrogens is 312 g/mol. The Bertz CT molecular complexity index is 756. The predicted molar refractivity (Wildman–Crippen MR) is 95.1 cm³/mol. The quantitative estimate of drug-likeness (QED) is 0.911. The molecule has 0 saturated carbocycles. The molecule has 2 N–H and O–H groups in total. The molecule has 1 saturated heterocycles. The molecule has 0 bridgehead atoms. The Labute approximate surface area is 142 Å². The van der Waals surface area contributed by atoms with Crippen LogP contribution in [0.5, 0.6) is 0 Å². The van der Waals surface area contributed by atoms with Gasteiger partial charge in [0.15, 0.2) is 0 Å². The fraction of sp³-hybridized carbons (Fsp3) is 0.529. The number of hydrogen-bond donors (Lipinski definition) is 1. The number of rotatable bonds is 2. The monoisotopic (exact) mass is 336 g/mol. The molecule has 2 aromatic heterocycles. The first-order valence-electron chi connectivity index (χ1n) is 7.82. The van der Waals surface area contributed by atoms with Gasteiger partial charge in [0, 0.05) is 37.9 Å². The van der Waals surface area contributed by atoms with Gasteiger partial charge in [0.05, 0.1) is 5.69 Å². The summed E-state index contributed by atoms with van der Waals surface area (Å²) in [5.74, 6) is 0. The van der Waals surface area contributed by atoms with Gasteiger partial charge in [0.2, 0.25) is 0 Å². The van der Waals surface area contributed by atoms with Crippen LogP contribution in [0.1, 0.15) is 31.5 Å². The van der Waals surface area contributed by atoms with E-state index in [9.17, 15) is 4.79 Å². The van der Waals surface area contributed by atoms with E-state index in [1.165, 1.54) is 0 Å². The van der Waals surface area contributed by atoms with Crippen LogP contribution >= 0.6 is 12.4 Å². The van der Waals surface area contributed by atoms with Crippen molar-refractivity contribution in [1.82, 2.24) is 14.3 Å². The Balaban J connectivity index is 0.00000192. The highest BCUT2D eigenvalue weighted by Gasteiger charge is 2.33. The van der Waals surface area contributed by atoms with Crippen molar-refractivity contribution < 1.29 is 0 Å². The van der Waals surface area contributed by atoms with E-state index in [0.717, 1.165) is 30.8 Å². The number of hydrogen-bond acceptors (Lipinski definition) is 4. The molecule has 3 rings (SSSR count). The second-order valence-electron chi connectivity index (χ2n) is 7.11. The first-order chi connectivity index (χ1) is 10.3. The SMILES string of the molecule is Cc1ccc2nc(CN3CCC(N)C(C)(C)C3)cc(=O)n2c1.Cl. The highest BCUT2D eigenvalue weighted by molar-refractivity contribution is 5.85. The second-order valence-corrected chi connectivity index (χ2v) is 7.11. The van der Waals surface area contributed by atoms with Gasteiger partial charge < -0.3 is 5.73 Å². The zero-order chi connectivity index (χ0) is 15.9. The van der Waals surface area contributed by atoms with Crippen molar-refractivity contribution in [3.63, 3.8) is 0 Å². The van der Waals surface area contributed by atoms with Crippen LogP contribution in [0.25, 0.3) is 5.65 Å². The summed E-state index contributed by atoms with van der Waals surface area (Å²) in [4.78, 5) is 19.2. The first kappa shape index (κ1) is 17.9. The van der Waals surface area contributed by atoms with Crippen molar-refractivity contribution in [1.29, 1.82) is 0 Å². The molecule has 1 atom stereocenters. The molecule has 3 heterocycles. The van der Waals surface area contributed by atoms with Crippen LogP contribution in [0.15, 0.2) is 29.2 Å². The summed E-state index contributed by atoms with van der Waals surface area (Å²) in [5, 5.41) is 0. The topological polar surface area (TPSA) is 63.6 Å². The number of nitrogens with zero attached hydrogens (tertiary/aromatic N) is 3. The lowest BCUT2D eigenvalue weighted by molar-refractivity contribution is 0.0889. The Morgan fingerprint density at radius 3 is 2.83 bits per heavy atom. The van der Waals surface area contributed by atoms with Crippen LogP contribution in [-0.4, -0.2) is 33.4 Å². The molecule has 1 aliphatic heterocycles. The van der Waals surface area contributed by atoms with Gasteiger partial charge in [-0.2, -0.15) is 0 Å². The summed E-state index contributed by atoms with van der Waals surface area (Å²) < 4.78 is 1.61. The van der Waals surface area contributed by atoms with Gasteiger partial charge in [-0.15, -0.1) is 12.4 Å². The molecular formula is C17H25ClN4O. The minimum absolute atomic E-state index is 0. The van der Waals surface area contributed by atoms with Crippen molar-refractivity contribution in [2.24, 2.45) is 11.1 Å². The van der Waals surface area contributed by atoms with E-state index in [2.05, 4.69) is 23.7 Å². The Morgan fingerprint density at radius 2 is 2.13 bits per heavy atom. The fourth-order valence-corrected chi connectivity index (χ4v) is 3.19. The van der Waals surface area contributed by atoms with E-state index in [1.54, 1.807) is 10.5 Å². The van der Waals surface area contributed by atoms with Gasteiger partial charge in [0.25, 0.3) is 5.56 Å². The molecule has 0 spiro atoms. The molecule has 6 heteroatoms. The smallest absolute Gasteiger partial charge is 0.258 e. The first-order valence-corrected chi connectivity index (χ1v) is 7.82. The van der Waals surface area contributed by atoms with E-state index in [-0.39, 0.29) is 29.4 Å². The maximum Gasteiger partial charge on any atom is 0.258 e. The number of piperidine rings is 1. The highest BCUT2D eigenvalue weighted by atomic mass is 35.5. The molecule has 0 amide bonds. The van der Waals surface area contributed by atoms with Crippen LogP contribution in [0.4, 0.5) is 0 Å². The summed E-state index contributed by atoms with van der Waals surface area (Å²) in [5.41, 5.74) is 8.86. The number of aryl methyl sites for hydroxylation is 1. The van der Waals surface area contributed by atoms with E-state index in [4.69, 9.17) is 5.73 Å². The molecule has 126 valence electrons. The summed E-state index contributed by atoms with van der Waals surface area (Å²) in [6.07, 6.45) is 2.82. The van der Waals surface area contributed by atoms with Gasteiger partial charge >= 0.3 is 0 Å². The molecule has 1 aliphatic rings. The molecule has 23 heavy (non-hydrogen) atoms. The second kappa shape index (κ2) is 6.59. The zero-order valence-corrected chi connectivity index (χ0v) is 14.8. The third kappa shape index (κ3) is 3.74. The Morgan fingerprint density at radius 1 is 1.39 bits per heavy atom. The van der Waals surface area contributed by atoms with Crippen molar-refractivity contribution in [2.75, 3.05) is 13.1 Å². The van der Waals surface area contributed by atoms with E-state index in [0.29, 0.717) is 12.2 Å². The molecule has 0 aliphatic carbocycles. The minimum Gasteiger partial charge on any atom is -0.327 e. The van der Waals surface area contributed by atoms with Crippen molar-refractivity contribution >= 4 is 18.1 Å². The lowest BCUT2D eigenvalue weighted by Crippen LogP contribution is -2.52. The Kier molecular flexibility index (Phi) is 5.14. The number of fused-ring (bicyclic) bond motifs is 1. The number of pyridine rings is 1. The normalized spacial score (nSPS) is 21.1. The van der Waals surface area contributed by atoms with Crippen LogP contribution in [-0.2, 0) is 6.54 Å². The molecule has 2 aromatic rings. The maximum absolute atomic E-state index is 12.3. The molecule has 1 fully saturated rings. The third-order valence-corrected chi connectivity index (χ3v) is 4.64. The fourth-order valence-electron chi connectivity index (χ4n) is 3.19.